The van der Waals surface area contributed by atoms with Crippen LogP contribution in [0.2, 0.25) is 0 Å². The minimum Gasteiger partial charge on any atom is -0.299 e. The molecule has 2 bridgehead atoms. The molecular weight excluding hydrogens is 158 g/mol. The average Bonchev–Trinajstić information content (AvgIpc) is 2.32. The van der Waals surface area contributed by atoms with Gasteiger partial charge in [0.2, 0.25) is 0 Å². The van der Waals surface area contributed by atoms with Crippen molar-refractivity contribution < 1.29 is 0 Å². The molecule has 2 atom stereocenters. The van der Waals surface area contributed by atoms with Gasteiger partial charge in [-0.15, -0.1) is 0 Å². The van der Waals surface area contributed by atoms with Crippen LogP contribution in [0.1, 0.15) is 38.5 Å². The van der Waals surface area contributed by atoms with Crippen molar-refractivity contribution in [3.05, 3.63) is 24.3 Å². The average molecular weight is 175 g/mol. The summed E-state index contributed by atoms with van der Waals surface area (Å²) in [6, 6.07) is 0. The van der Waals surface area contributed by atoms with Gasteiger partial charge in [-0.3, -0.25) is 5.32 Å². The first-order chi connectivity index (χ1) is 6.33. The maximum atomic E-state index is 3.87. The Morgan fingerprint density at radius 2 is 1.31 bits per heavy atom. The summed E-state index contributed by atoms with van der Waals surface area (Å²) in [5.74, 6) is 0. The minimum absolute atomic E-state index is 0.361. The van der Waals surface area contributed by atoms with Crippen LogP contribution in [0, 0.1) is 0 Å². The lowest BCUT2D eigenvalue weighted by Crippen LogP contribution is -2.46. The van der Waals surface area contributed by atoms with E-state index in [1.54, 1.807) is 0 Å². The summed E-state index contributed by atoms with van der Waals surface area (Å²) in [5, 5.41) is 3.87. The molecule has 3 aliphatic rings. The van der Waals surface area contributed by atoms with Crippen molar-refractivity contribution in [2.75, 3.05) is 0 Å². The van der Waals surface area contributed by atoms with Crippen molar-refractivity contribution >= 4 is 0 Å². The van der Waals surface area contributed by atoms with Gasteiger partial charge in [-0.2, -0.15) is 0 Å². The standard InChI is InChI=1S/C12H17N/c1-2-6-12-8-4-3-7-11(5-1,13-12)9-10-12/h1-2,5-6,13H,3-4,7-10H2. The van der Waals surface area contributed by atoms with E-state index in [-0.39, 0.29) is 0 Å². The predicted octanol–water partition coefficient (Wildman–Crippen LogP) is 2.55. The monoisotopic (exact) mass is 175 g/mol. The Labute approximate surface area is 79.9 Å². The van der Waals surface area contributed by atoms with E-state index in [9.17, 15) is 0 Å². The molecule has 1 N–H and O–H groups in total. The molecule has 0 aromatic carbocycles. The van der Waals surface area contributed by atoms with E-state index in [4.69, 9.17) is 0 Å². The van der Waals surface area contributed by atoms with Crippen molar-refractivity contribution in [3.8, 4) is 0 Å². The van der Waals surface area contributed by atoms with Crippen LogP contribution in [0.25, 0.3) is 0 Å². The molecule has 2 fully saturated rings. The second kappa shape index (κ2) is 2.48. The molecule has 3 heterocycles. The summed E-state index contributed by atoms with van der Waals surface area (Å²) >= 11 is 0. The van der Waals surface area contributed by atoms with Crippen molar-refractivity contribution in [1.82, 2.24) is 5.32 Å². The molecule has 13 heavy (non-hydrogen) atoms. The van der Waals surface area contributed by atoms with Crippen LogP contribution in [-0.4, -0.2) is 11.1 Å². The zero-order valence-corrected chi connectivity index (χ0v) is 8.05. The minimum atomic E-state index is 0.361. The van der Waals surface area contributed by atoms with Crippen LogP contribution < -0.4 is 5.32 Å². The van der Waals surface area contributed by atoms with Gasteiger partial charge in [-0.1, -0.05) is 37.1 Å². The Kier molecular flexibility index (Phi) is 1.49. The Hall–Kier alpha value is -0.560. The van der Waals surface area contributed by atoms with Gasteiger partial charge in [-0.25, -0.2) is 0 Å². The molecule has 0 aromatic rings. The van der Waals surface area contributed by atoms with Crippen LogP contribution in [0.15, 0.2) is 24.3 Å². The highest BCUT2D eigenvalue weighted by molar-refractivity contribution is 5.29. The highest BCUT2D eigenvalue weighted by atomic mass is 15.1. The molecule has 0 spiro atoms. The van der Waals surface area contributed by atoms with E-state index in [2.05, 4.69) is 29.6 Å². The maximum Gasteiger partial charge on any atom is 0.0375 e. The van der Waals surface area contributed by atoms with Gasteiger partial charge in [0.05, 0.1) is 0 Å². The molecule has 0 amide bonds. The lowest BCUT2D eigenvalue weighted by molar-refractivity contribution is 0.395. The van der Waals surface area contributed by atoms with Gasteiger partial charge in [-0.05, 0) is 25.7 Å². The molecule has 1 heteroatoms. The van der Waals surface area contributed by atoms with E-state index >= 15 is 0 Å². The maximum absolute atomic E-state index is 3.87. The van der Waals surface area contributed by atoms with Crippen LogP contribution in [0.4, 0.5) is 0 Å². The van der Waals surface area contributed by atoms with Crippen LogP contribution in [-0.2, 0) is 0 Å². The van der Waals surface area contributed by atoms with Gasteiger partial charge < -0.3 is 0 Å². The Morgan fingerprint density at radius 3 is 1.85 bits per heavy atom. The first-order valence-corrected chi connectivity index (χ1v) is 5.49. The third-order valence-electron chi connectivity index (χ3n) is 3.95. The van der Waals surface area contributed by atoms with Gasteiger partial charge >= 0.3 is 0 Å². The molecule has 1 nitrogen and oxygen atoms in total. The molecule has 0 saturated carbocycles. The molecule has 0 aromatic heterocycles. The number of nitrogens with one attached hydrogen (secondary N) is 1. The fraction of sp³-hybridized carbons (Fsp3) is 0.667. The molecule has 2 unspecified atom stereocenters. The summed E-state index contributed by atoms with van der Waals surface area (Å²) in [5.41, 5.74) is 0.722. The normalized spacial score (nSPS) is 47.4. The summed E-state index contributed by atoms with van der Waals surface area (Å²) in [6.07, 6.45) is 17.4. The first kappa shape index (κ1) is 7.81. The van der Waals surface area contributed by atoms with E-state index in [0.717, 1.165) is 0 Å². The van der Waals surface area contributed by atoms with Crippen molar-refractivity contribution in [2.24, 2.45) is 0 Å². The fourth-order valence-corrected chi connectivity index (χ4v) is 3.22. The zero-order chi connectivity index (χ0) is 8.78. The zero-order valence-electron chi connectivity index (χ0n) is 8.05. The molecule has 0 aliphatic carbocycles. The van der Waals surface area contributed by atoms with Crippen molar-refractivity contribution in [2.45, 2.75) is 49.6 Å². The molecule has 3 rings (SSSR count). The third-order valence-corrected chi connectivity index (χ3v) is 3.95. The molecule has 70 valence electrons. The number of hydrogen-bond acceptors (Lipinski definition) is 1. The Bertz CT molecular complexity index is 243. The van der Waals surface area contributed by atoms with E-state index < -0.39 is 0 Å². The number of rotatable bonds is 0. The molecule has 0 radical (unpaired) electrons. The quantitative estimate of drug-likeness (QED) is 0.596. The van der Waals surface area contributed by atoms with Gasteiger partial charge in [0.15, 0.2) is 0 Å². The van der Waals surface area contributed by atoms with E-state index in [1.165, 1.54) is 38.5 Å². The largest absolute Gasteiger partial charge is 0.299 e. The van der Waals surface area contributed by atoms with Gasteiger partial charge in [0.25, 0.3) is 0 Å². The van der Waals surface area contributed by atoms with Gasteiger partial charge in [0, 0.05) is 11.1 Å². The number of allylic oxidation sites excluding steroid dienone is 2. The summed E-state index contributed by atoms with van der Waals surface area (Å²) in [6.45, 7) is 0. The van der Waals surface area contributed by atoms with Crippen molar-refractivity contribution in [3.63, 3.8) is 0 Å². The summed E-state index contributed by atoms with van der Waals surface area (Å²) in [7, 11) is 0. The molecule has 2 saturated heterocycles. The Morgan fingerprint density at radius 1 is 0.769 bits per heavy atom. The van der Waals surface area contributed by atoms with Crippen LogP contribution >= 0.6 is 0 Å². The third kappa shape index (κ3) is 1.10. The van der Waals surface area contributed by atoms with E-state index in [0.29, 0.717) is 11.1 Å². The summed E-state index contributed by atoms with van der Waals surface area (Å²) in [4.78, 5) is 0. The molecule has 3 aliphatic heterocycles. The smallest absolute Gasteiger partial charge is 0.0375 e. The first-order valence-electron chi connectivity index (χ1n) is 5.49. The SMILES string of the molecule is C1=CC23CCCCC(C=C1)(CC2)N3. The fourth-order valence-electron chi connectivity index (χ4n) is 3.22. The second-order valence-electron chi connectivity index (χ2n) is 4.86. The predicted molar refractivity (Wildman–Crippen MR) is 54.6 cm³/mol. The highest BCUT2D eigenvalue weighted by Gasteiger charge is 2.46. The van der Waals surface area contributed by atoms with Crippen molar-refractivity contribution in [1.29, 1.82) is 0 Å². The van der Waals surface area contributed by atoms with E-state index in [1.807, 2.05) is 0 Å². The lowest BCUT2D eigenvalue weighted by Gasteiger charge is -2.28. The van der Waals surface area contributed by atoms with Gasteiger partial charge in [0.1, 0.15) is 0 Å². The second-order valence-corrected chi connectivity index (χ2v) is 4.86. The summed E-state index contributed by atoms with van der Waals surface area (Å²) < 4.78 is 0. The molecular formula is C12H17N. The highest BCUT2D eigenvalue weighted by Crippen LogP contribution is 2.43. The topological polar surface area (TPSA) is 12.0 Å². The van der Waals surface area contributed by atoms with Crippen LogP contribution in [0.5, 0.6) is 0 Å². The Balaban J connectivity index is 2.06. The van der Waals surface area contributed by atoms with Crippen LogP contribution in [0.3, 0.4) is 0 Å². The lowest BCUT2D eigenvalue weighted by atomic mass is 9.84. The number of hydrogen-bond donors (Lipinski definition) is 1.